The molecule has 110 valence electrons. The fourth-order valence-corrected chi connectivity index (χ4v) is 3.02. The van der Waals surface area contributed by atoms with Crippen LogP contribution >= 0.6 is 0 Å². The van der Waals surface area contributed by atoms with E-state index in [2.05, 4.69) is 0 Å². The van der Waals surface area contributed by atoms with E-state index in [0.29, 0.717) is 10.5 Å². The van der Waals surface area contributed by atoms with Crippen LogP contribution in [0.2, 0.25) is 0 Å². The van der Waals surface area contributed by atoms with Crippen molar-refractivity contribution < 1.29 is 18.5 Å². The Morgan fingerprint density at radius 2 is 1.90 bits per heavy atom. The minimum absolute atomic E-state index is 0.269. The van der Waals surface area contributed by atoms with Crippen LogP contribution in [0.1, 0.15) is 24.0 Å². The van der Waals surface area contributed by atoms with Crippen LogP contribution in [0.15, 0.2) is 53.4 Å². The standard InChI is InChI=1S/C16H15FO3S/c1-11(16(18)19)13-7-5-12(6-8-13)10-21(20)15-4-2-3-14(17)9-15/h2-9,11H,10H2,1H3,(H,18,19). The smallest absolute Gasteiger partial charge is 0.310 e. The van der Waals surface area contributed by atoms with E-state index < -0.39 is 28.5 Å². The lowest BCUT2D eigenvalue weighted by molar-refractivity contribution is -0.138. The summed E-state index contributed by atoms with van der Waals surface area (Å²) >= 11 is 0. The number of carboxylic acid groups (broad SMARTS) is 1. The van der Waals surface area contributed by atoms with Gasteiger partial charge in [-0.05, 0) is 36.2 Å². The molecule has 2 atom stereocenters. The second-order valence-corrected chi connectivity index (χ2v) is 6.20. The van der Waals surface area contributed by atoms with Crippen molar-refractivity contribution >= 4 is 16.8 Å². The van der Waals surface area contributed by atoms with Crippen LogP contribution in [0.25, 0.3) is 0 Å². The van der Waals surface area contributed by atoms with Gasteiger partial charge < -0.3 is 5.11 Å². The molecule has 2 aromatic carbocycles. The quantitative estimate of drug-likeness (QED) is 0.922. The lowest BCUT2D eigenvalue weighted by atomic mass is 10.0. The van der Waals surface area contributed by atoms with Crippen molar-refractivity contribution in [2.75, 3.05) is 0 Å². The molecule has 0 radical (unpaired) electrons. The number of hydrogen-bond acceptors (Lipinski definition) is 2. The molecule has 0 fully saturated rings. The van der Waals surface area contributed by atoms with Gasteiger partial charge in [-0.15, -0.1) is 0 Å². The molecule has 0 heterocycles. The van der Waals surface area contributed by atoms with Crippen LogP contribution in [-0.2, 0) is 21.3 Å². The summed E-state index contributed by atoms with van der Waals surface area (Å²) in [5.41, 5.74) is 1.52. The molecule has 0 aliphatic rings. The first-order valence-electron chi connectivity index (χ1n) is 6.43. The highest BCUT2D eigenvalue weighted by Gasteiger charge is 2.13. The van der Waals surface area contributed by atoms with E-state index >= 15 is 0 Å². The van der Waals surface area contributed by atoms with Crippen molar-refractivity contribution in [1.82, 2.24) is 0 Å². The maximum atomic E-state index is 13.1. The van der Waals surface area contributed by atoms with Crippen molar-refractivity contribution in [3.8, 4) is 0 Å². The predicted molar refractivity (Wildman–Crippen MR) is 79.0 cm³/mol. The summed E-state index contributed by atoms with van der Waals surface area (Å²) in [5, 5.41) is 8.94. The van der Waals surface area contributed by atoms with Crippen LogP contribution in [0.3, 0.4) is 0 Å². The van der Waals surface area contributed by atoms with Gasteiger partial charge in [-0.3, -0.25) is 9.00 Å². The van der Waals surface area contributed by atoms with Gasteiger partial charge in [-0.25, -0.2) is 4.39 Å². The second-order valence-electron chi connectivity index (χ2n) is 4.75. The van der Waals surface area contributed by atoms with E-state index in [0.717, 1.165) is 5.56 Å². The van der Waals surface area contributed by atoms with Crippen LogP contribution in [-0.4, -0.2) is 15.3 Å². The van der Waals surface area contributed by atoms with E-state index in [4.69, 9.17) is 5.11 Å². The molecule has 0 saturated carbocycles. The molecule has 0 amide bonds. The summed E-state index contributed by atoms with van der Waals surface area (Å²) in [6, 6.07) is 12.7. The van der Waals surface area contributed by atoms with Gasteiger partial charge in [0.05, 0.1) is 22.5 Å². The Labute approximate surface area is 124 Å². The van der Waals surface area contributed by atoms with Crippen molar-refractivity contribution in [2.45, 2.75) is 23.5 Å². The SMILES string of the molecule is CC(C(=O)O)c1ccc(CS(=O)c2cccc(F)c2)cc1. The topological polar surface area (TPSA) is 54.4 Å². The molecule has 2 unspecified atom stereocenters. The molecule has 5 heteroatoms. The third kappa shape index (κ3) is 3.98. The third-order valence-corrected chi connectivity index (χ3v) is 4.58. The van der Waals surface area contributed by atoms with Crippen LogP contribution in [0.4, 0.5) is 4.39 Å². The highest BCUT2D eigenvalue weighted by Crippen LogP contribution is 2.18. The lowest BCUT2D eigenvalue weighted by Gasteiger charge is -2.08. The van der Waals surface area contributed by atoms with Gasteiger partial charge in [-0.2, -0.15) is 0 Å². The zero-order valence-corrected chi connectivity index (χ0v) is 12.3. The predicted octanol–water partition coefficient (Wildman–Crippen LogP) is 3.32. The molecule has 0 aliphatic heterocycles. The van der Waals surface area contributed by atoms with Crippen molar-refractivity contribution in [3.63, 3.8) is 0 Å². The van der Waals surface area contributed by atoms with Crippen molar-refractivity contribution in [2.24, 2.45) is 0 Å². The van der Waals surface area contributed by atoms with Gasteiger partial charge in [0.25, 0.3) is 0 Å². The molecule has 0 aromatic heterocycles. The highest BCUT2D eigenvalue weighted by atomic mass is 32.2. The fourth-order valence-electron chi connectivity index (χ4n) is 1.89. The maximum absolute atomic E-state index is 13.1. The fraction of sp³-hybridized carbons (Fsp3) is 0.188. The first-order chi connectivity index (χ1) is 9.97. The summed E-state index contributed by atoms with van der Waals surface area (Å²) in [6.45, 7) is 1.61. The van der Waals surface area contributed by atoms with E-state index in [1.807, 2.05) is 0 Å². The van der Waals surface area contributed by atoms with E-state index in [1.165, 1.54) is 18.2 Å². The minimum atomic E-state index is -1.33. The average molecular weight is 306 g/mol. The zero-order valence-electron chi connectivity index (χ0n) is 11.5. The van der Waals surface area contributed by atoms with Gasteiger partial charge in [0, 0.05) is 4.90 Å². The molecule has 2 rings (SSSR count). The average Bonchev–Trinajstić information content (AvgIpc) is 2.47. The Kier molecular flexibility index (Phi) is 4.85. The highest BCUT2D eigenvalue weighted by molar-refractivity contribution is 7.84. The largest absolute Gasteiger partial charge is 0.481 e. The van der Waals surface area contributed by atoms with E-state index in [1.54, 1.807) is 37.3 Å². The molecule has 21 heavy (non-hydrogen) atoms. The number of rotatable bonds is 5. The number of carbonyl (C=O) groups is 1. The third-order valence-electron chi connectivity index (χ3n) is 3.21. The lowest BCUT2D eigenvalue weighted by Crippen LogP contribution is -2.07. The van der Waals surface area contributed by atoms with Gasteiger partial charge in [0.2, 0.25) is 0 Å². The normalized spacial score (nSPS) is 13.6. The van der Waals surface area contributed by atoms with Crippen molar-refractivity contribution in [1.29, 1.82) is 0 Å². The molecule has 0 bridgehead atoms. The summed E-state index contributed by atoms with van der Waals surface area (Å²) in [7, 11) is -1.33. The minimum Gasteiger partial charge on any atom is -0.481 e. The van der Waals surface area contributed by atoms with Crippen LogP contribution in [0.5, 0.6) is 0 Å². The first-order valence-corrected chi connectivity index (χ1v) is 7.75. The molecular weight excluding hydrogens is 291 g/mol. The molecule has 2 aromatic rings. The maximum Gasteiger partial charge on any atom is 0.310 e. The van der Waals surface area contributed by atoms with Crippen LogP contribution < -0.4 is 0 Å². The molecular formula is C16H15FO3S. The van der Waals surface area contributed by atoms with Gasteiger partial charge in [0.15, 0.2) is 0 Å². The number of benzene rings is 2. The second kappa shape index (κ2) is 6.63. The molecule has 1 N–H and O–H groups in total. The summed E-state index contributed by atoms with van der Waals surface area (Å²) in [5.74, 6) is -1.60. The number of hydrogen-bond donors (Lipinski definition) is 1. The summed E-state index contributed by atoms with van der Waals surface area (Å²) in [6.07, 6.45) is 0. The van der Waals surface area contributed by atoms with Crippen molar-refractivity contribution in [3.05, 3.63) is 65.5 Å². The number of carboxylic acids is 1. The molecule has 0 spiro atoms. The summed E-state index contributed by atoms with van der Waals surface area (Å²) < 4.78 is 25.2. The molecule has 3 nitrogen and oxygen atoms in total. The first kappa shape index (κ1) is 15.4. The zero-order chi connectivity index (χ0) is 15.4. The van der Waals surface area contributed by atoms with Gasteiger partial charge in [0.1, 0.15) is 5.82 Å². The molecule has 0 saturated heterocycles. The Hall–Kier alpha value is -2.01. The number of aliphatic carboxylic acids is 1. The van der Waals surface area contributed by atoms with E-state index in [-0.39, 0.29) is 5.75 Å². The van der Waals surface area contributed by atoms with Gasteiger partial charge >= 0.3 is 5.97 Å². The Morgan fingerprint density at radius 1 is 1.24 bits per heavy atom. The Balaban J connectivity index is 2.10. The van der Waals surface area contributed by atoms with Gasteiger partial charge in [-0.1, -0.05) is 30.3 Å². The van der Waals surface area contributed by atoms with E-state index in [9.17, 15) is 13.4 Å². The Morgan fingerprint density at radius 3 is 2.48 bits per heavy atom. The summed E-state index contributed by atoms with van der Waals surface area (Å²) in [4.78, 5) is 11.3. The Bertz CT molecular complexity index is 667. The van der Waals surface area contributed by atoms with Crippen LogP contribution in [0, 0.1) is 5.82 Å². The molecule has 0 aliphatic carbocycles. The number of halogens is 1. The monoisotopic (exact) mass is 306 g/mol.